The molecule has 0 bridgehead atoms. The summed E-state index contributed by atoms with van der Waals surface area (Å²) in [4.78, 5) is 2.46. The summed E-state index contributed by atoms with van der Waals surface area (Å²) in [6.07, 6.45) is 3.92. The van der Waals surface area contributed by atoms with Crippen molar-refractivity contribution in [2.75, 3.05) is 26.2 Å². The molecule has 0 N–H and O–H groups in total. The minimum absolute atomic E-state index is 0.781. The van der Waals surface area contributed by atoms with E-state index >= 15 is 0 Å². The Morgan fingerprint density at radius 2 is 1.72 bits per heavy atom. The Hall–Kier alpha value is -1.02. The molecule has 0 radical (unpaired) electrons. The number of hydrogen-bond donors (Lipinski definition) is 0. The smallest absolute Gasteiger partial charge is 0.119 e. The zero-order valence-electron chi connectivity index (χ0n) is 12.1. The quantitative estimate of drug-likeness (QED) is 0.616. The second-order valence-corrected chi connectivity index (χ2v) is 4.80. The van der Waals surface area contributed by atoms with Crippen LogP contribution in [-0.4, -0.2) is 31.1 Å². The first-order valence-corrected chi connectivity index (χ1v) is 7.18. The molecule has 0 fully saturated rings. The highest BCUT2D eigenvalue weighted by Crippen LogP contribution is 2.11. The van der Waals surface area contributed by atoms with Crippen LogP contribution in [0.4, 0.5) is 0 Å². The third-order valence-corrected chi connectivity index (χ3v) is 3.22. The van der Waals surface area contributed by atoms with E-state index in [-0.39, 0.29) is 0 Å². The number of likely N-dealkylation sites (N-methyl/N-ethyl adjacent to an activating group) is 1. The van der Waals surface area contributed by atoms with E-state index in [0.717, 1.165) is 25.4 Å². The summed E-state index contributed by atoms with van der Waals surface area (Å²) in [5, 5.41) is 0. The fraction of sp³-hybridized carbons (Fsp3) is 0.625. The molecular weight excluding hydrogens is 222 g/mol. The lowest BCUT2D eigenvalue weighted by molar-refractivity contribution is 0.213. The van der Waals surface area contributed by atoms with Crippen LogP contribution >= 0.6 is 0 Å². The lowest BCUT2D eigenvalue weighted by Crippen LogP contribution is -2.29. The molecule has 0 amide bonds. The number of ether oxygens (including phenoxy) is 1. The van der Waals surface area contributed by atoms with E-state index in [2.05, 4.69) is 37.8 Å². The lowest BCUT2D eigenvalue weighted by atomic mass is 10.2. The Kier molecular flexibility index (Phi) is 7.51. The van der Waals surface area contributed by atoms with Gasteiger partial charge in [-0.3, -0.25) is 0 Å². The van der Waals surface area contributed by atoms with Crippen LogP contribution in [0, 0.1) is 6.92 Å². The molecule has 2 heteroatoms. The van der Waals surface area contributed by atoms with Crippen LogP contribution in [0.2, 0.25) is 0 Å². The molecule has 102 valence electrons. The van der Waals surface area contributed by atoms with E-state index in [0.29, 0.717) is 0 Å². The highest BCUT2D eigenvalue weighted by Gasteiger charge is 2.02. The van der Waals surface area contributed by atoms with E-state index in [1.807, 2.05) is 12.1 Å². The predicted molar refractivity (Wildman–Crippen MR) is 78.3 cm³/mol. The molecule has 0 heterocycles. The van der Waals surface area contributed by atoms with Crippen LogP contribution in [-0.2, 0) is 0 Å². The fourth-order valence-corrected chi connectivity index (χ4v) is 1.94. The van der Waals surface area contributed by atoms with Crippen molar-refractivity contribution < 1.29 is 4.74 Å². The second kappa shape index (κ2) is 8.98. The number of unbranched alkanes of at least 4 members (excludes halogenated alkanes) is 2. The van der Waals surface area contributed by atoms with E-state index < -0.39 is 0 Å². The maximum atomic E-state index is 5.76. The van der Waals surface area contributed by atoms with Gasteiger partial charge in [-0.15, -0.1) is 0 Å². The Balaban J connectivity index is 2.20. The van der Waals surface area contributed by atoms with Gasteiger partial charge in [-0.1, -0.05) is 44.4 Å². The maximum Gasteiger partial charge on any atom is 0.119 e. The standard InChI is InChI=1S/C16H27NO/c1-4-6-7-12-17(5-2)13-14-18-16-10-8-15(3)9-11-16/h8-11H,4-7,12-14H2,1-3H3. The summed E-state index contributed by atoms with van der Waals surface area (Å²) >= 11 is 0. The first kappa shape index (κ1) is 15.0. The third kappa shape index (κ3) is 6.06. The van der Waals surface area contributed by atoms with E-state index in [4.69, 9.17) is 4.74 Å². The minimum Gasteiger partial charge on any atom is -0.492 e. The Labute approximate surface area is 112 Å². The number of hydrogen-bond acceptors (Lipinski definition) is 2. The third-order valence-electron chi connectivity index (χ3n) is 3.22. The summed E-state index contributed by atoms with van der Waals surface area (Å²) in [5.41, 5.74) is 1.28. The Morgan fingerprint density at radius 3 is 2.33 bits per heavy atom. The van der Waals surface area contributed by atoms with Crippen molar-refractivity contribution in [2.45, 2.75) is 40.0 Å². The highest BCUT2D eigenvalue weighted by molar-refractivity contribution is 5.26. The van der Waals surface area contributed by atoms with Gasteiger partial charge in [0.05, 0.1) is 0 Å². The SMILES string of the molecule is CCCCCN(CC)CCOc1ccc(C)cc1. The fourth-order valence-electron chi connectivity index (χ4n) is 1.94. The summed E-state index contributed by atoms with van der Waals surface area (Å²) in [6.45, 7) is 10.7. The van der Waals surface area contributed by atoms with Gasteiger partial charge >= 0.3 is 0 Å². The summed E-state index contributed by atoms with van der Waals surface area (Å²) < 4.78 is 5.76. The maximum absolute atomic E-state index is 5.76. The summed E-state index contributed by atoms with van der Waals surface area (Å²) in [7, 11) is 0. The van der Waals surface area contributed by atoms with Crippen molar-refractivity contribution in [1.29, 1.82) is 0 Å². The molecule has 0 spiro atoms. The second-order valence-electron chi connectivity index (χ2n) is 4.80. The molecule has 0 saturated heterocycles. The first-order valence-electron chi connectivity index (χ1n) is 7.18. The van der Waals surface area contributed by atoms with Gasteiger partial charge < -0.3 is 9.64 Å². The zero-order chi connectivity index (χ0) is 13.2. The minimum atomic E-state index is 0.781. The molecule has 0 unspecified atom stereocenters. The van der Waals surface area contributed by atoms with E-state index in [9.17, 15) is 0 Å². The number of aryl methyl sites for hydroxylation is 1. The normalized spacial score (nSPS) is 10.9. The average Bonchev–Trinajstić information content (AvgIpc) is 2.39. The molecule has 0 saturated carbocycles. The van der Waals surface area contributed by atoms with Gasteiger partial charge in [0.25, 0.3) is 0 Å². The largest absolute Gasteiger partial charge is 0.492 e. The molecule has 18 heavy (non-hydrogen) atoms. The van der Waals surface area contributed by atoms with Crippen molar-refractivity contribution in [2.24, 2.45) is 0 Å². The summed E-state index contributed by atoms with van der Waals surface area (Å²) in [6, 6.07) is 8.27. The van der Waals surface area contributed by atoms with Crippen LogP contribution in [0.3, 0.4) is 0 Å². The van der Waals surface area contributed by atoms with Gasteiger partial charge in [-0.25, -0.2) is 0 Å². The first-order chi connectivity index (χ1) is 8.76. The molecule has 1 aromatic rings. The van der Waals surface area contributed by atoms with Gasteiger partial charge in [-0.2, -0.15) is 0 Å². The van der Waals surface area contributed by atoms with Crippen LogP contribution in [0.15, 0.2) is 24.3 Å². The monoisotopic (exact) mass is 249 g/mol. The molecule has 2 nitrogen and oxygen atoms in total. The molecular formula is C16H27NO. The van der Waals surface area contributed by atoms with Gasteiger partial charge in [0, 0.05) is 6.54 Å². The molecule has 0 atom stereocenters. The van der Waals surface area contributed by atoms with Crippen molar-refractivity contribution in [3.63, 3.8) is 0 Å². The molecule has 0 aliphatic rings. The molecule has 0 aliphatic carbocycles. The van der Waals surface area contributed by atoms with Crippen molar-refractivity contribution in [3.8, 4) is 5.75 Å². The van der Waals surface area contributed by atoms with E-state index in [1.165, 1.54) is 31.4 Å². The van der Waals surface area contributed by atoms with Crippen molar-refractivity contribution in [3.05, 3.63) is 29.8 Å². The zero-order valence-corrected chi connectivity index (χ0v) is 12.1. The predicted octanol–water partition coefficient (Wildman–Crippen LogP) is 3.89. The number of nitrogens with zero attached hydrogens (tertiary/aromatic N) is 1. The van der Waals surface area contributed by atoms with Crippen LogP contribution in [0.25, 0.3) is 0 Å². The topological polar surface area (TPSA) is 12.5 Å². The number of benzene rings is 1. The van der Waals surface area contributed by atoms with Gasteiger partial charge in [0.1, 0.15) is 12.4 Å². The Bertz CT molecular complexity index is 307. The van der Waals surface area contributed by atoms with Crippen LogP contribution < -0.4 is 4.74 Å². The van der Waals surface area contributed by atoms with Crippen molar-refractivity contribution in [1.82, 2.24) is 4.90 Å². The van der Waals surface area contributed by atoms with Crippen molar-refractivity contribution >= 4 is 0 Å². The van der Waals surface area contributed by atoms with Crippen LogP contribution in [0.1, 0.15) is 38.7 Å². The Morgan fingerprint density at radius 1 is 1.00 bits per heavy atom. The number of rotatable bonds is 9. The van der Waals surface area contributed by atoms with Gasteiger partial charge in [-0.05, 0) is 38.6 Å². The molecule has 1 aromatic carbocycles. The average molecular weight is 249 g/mol. The summed E-state index contributed by atoms with van der Waals surface area (Å²) in [5.74, 6) is 0.977. The lowest BCUT2D eigenvalue weighted by Gasteiger charge is -2.20. The highest BCUT2D eigenvalue weighted by atomic mass is 16.5. The van der Waals surface area contributed by atoms with Gasteiger partial charge in [0.2, 0.25) is 0 Å². The molecule has 0 aliphatic heterocycles. The molecule has 0 aromatic heterocycles. The van der Waals surface area contributed by atoms with E-state index in [1.54, 1.807) is 0 Å². The van der Waals surface area contributed by atoms with Gasteiger partial charge in [0.15, 0.2) is 0 Å². The van der Waals surface area contributed by atoms with Crippen LogP contribution in [0.5, 0.6) is 5.75 Å². The molecule has 1 rings (SSSR count).